The van der Waals surface area contributed by atoms with Crippen LogP contribution in [0.3, 0.4) is 0 Å². The average Bonchev–Trinajstić information content (AvgIpc) is 2.35. The van der Waals surface area contributed by atoms with E-state index >= 15 is 0 Å². The number of hydrogen-bond acceptors (Lipinski definition) is 3. The van der Waals surface area contributed by atoms with Crippen molar-refractivity contribution < 1.29 is 4.79 Å². The Balaban J connectivity index is 1.89. The Morgan fingerprint density at radius 3 is 2.71 bits per heavy atom. The number of carbonyl (C=O) groups is 1. The molecule has 0 radical (unpaired) electrons. The lowest BCUT2D eigenvalue weighted by atomic mass is 10.1. The lowest BCUT2D eigenvalue weighted by Crippen LogP contribution is -2.31. The molecule has 0 atom stereocenters. The minimum Gasteiger partial charge on any atom is -0.309 e. The van der Waals surface area contributed by atoms with Crippen LogP contribution in [-0.2, 0) is 4.79 Å². The van der Waals surface area contributed by atoms with Crippen molar-refractivity contribution in [3.8, 4) is 11.8 Å². The molecule has 3 nitrogen and oxygen atoms in total. The van der Waals surface area contributed by atoms with Gasteiger partial charge < -0.3 is 10.2 Å². The van der Waals surface area contributed by atoms with Crippen molar-refractivity contribution in [3.63, 3.8) is 0 Å². The Kier molecular flexibility index (Phi) is 7.70. The van der Waals surface area contributed by atoms with Crippen molar-refractivity contribution in [2.45, 2.75) is 39.0 Å². The topological polar surface area (TPSA) is 32.3 Å². The van der Waals surface area contributed by atoms with Crippen LogP contribution >= 0.6 is 0 Å². The number of likely N-dealkylation sites (tertiary alicyclic amines) is 1. The van der Waals surface area contributed by atoms with E-state index in [1.165, 1.54) is 45.3 Å². The first kappa shape index (κ1) is 14.2. The highest BCUT2D eigenvalue weighted by molar-refractivity contribution is 5.96. The minimum absolute atomic E-state index is 0.0106. The van der Waals surface area contributed by atoms with E-state index in [-0.39, 0.29) is 5.78 Å². The molecule has 0 aromatic heterocycles. The Bertz CT molecular complexity index is 272. The number of ketones is 1. The number of Topliss-reactive ketones (excluding diaryl/α,β-unsaturated/α-hetero) is 1. The second-order valence-corrected chi connectivity index (χ2v) is 4.58. The van der Waals surface area contributed by atoms with Crippen LogP contribution in [0.4, 0.5) is 0 Å². The fraction of sp³-hybridized carbons (Fsp3) is 0.786. The summed E-state index contributed by atoms with van der Waals surface area (Å²) in [6.07, 6.45) is 6.49. The maximum absolute atomic E-state index is 11.1. The van der Waals surface area contributed by atoms with Gasteiger partial charge in [0, 0.05) is 0 Å². The van der Waals surface area contributed by atoms with E-state index in [1.807, 2.05) is 0 Å². The molecule has 0 aromatic carbocycles. The number of rotatable bonds is 7. The van der Waals surface area contributed by atoms with Gasteiger partial charge in [-0.1, -0.05) is 12.3 Å². The molecular weight excluding hydrogens is 212 g/mol. The van der Waals surface area contributed by atoms with Gasteiger partial charge in [0.25, 0.3) is 0 Å². The molecule has 1 heterocycles. The van der Waals surface area contributed by atoms with Gasteiger partial charge >= 0.3 is 0 Å². The lowest BCUT2D eigenvalue weighted by molar-refractivity contribution is -0.113. The Hall–Kier alpha value is -0.850. The molecule has 3 heteroatoms. The maximum atomic E-state index is 11.1. The summed E-state index contributed by atoms with van der Waals surface area (Å²) in [7, 11) is 0. The van der Waals surface area contributed by atoms with Gasteiger partial charge in [-0.25, -0.2) is 0 Å². The molecule has 0 spiro atoms. The van der Waals surface area contributed by atoms with E-state index in [2.05, 4.69) is 22.1 Å². The minimum atomic E-state index is -0.0106. The third kappa shape index (κ3) is 7.14. The molecule has 0 bridgehead atoms. The van der Waals surface area contributed by atoms with Crippen molar-refractivity contribution >= 4 is 5.78 Å². The quantitative estimate of drug-likeness (QED) is 0.412. The predicted octanol–water partition coefficient (Wildman–Crippen LogP) is 1.43. The summed E-state index contributed by atoms with van der Waals surface area (Å²) in [6.45, 7) is 6.77. The fourth-order valence-electron chi connectivity index (χ4n) is 2.15. The maximum Gasteiger partial charge on any atom is 0.219 e. The van der Waals surface area contributed by atoms with Crippen LogP contribution < -0.4 is 5.32 Å². The van der Waals surface area contributed by atoms with Crippen molar-refractivity contribution in [1.82, 2.24) is 10.2 Å². The highest BCUT2D eigenvalue weighted by Crippen LogP contribution is 2.08. The zero-order chi connectivity index (χ0) is 12.3. The van der Waals surface area contributed by atoms with Gasteiger partial charge in [0.05, 0.1) is 6.54 Å². The molecule has 0 saturated carbocycles. The van der Waals surface area contributed by atoms with Crippen LogP contribution in [0, 0.1) is 11.8 Å². The molecule has 0 aromatic rings. The Morgan fingerprint density at radius 1 is 1.24 bits per heavy atom. The van der Waals surface area contributed by atoms with E-state index in [9.17, 15) is 4.79 Å². The third-order valence-corrected chi connectivity index (χ3v) is 3.08. The molecule has 1 fully saturated rings. The SMILES string of the molecule is CC#CC(=O)CNCCCCN1CCCCC1. The number of nitrogens with one attached hydrogen (secondary N) is 1. The summed E-state index contributed by atoms with van der Waals surface area (Å²) < 4.78 is 0. The molecule has 96 valence electrons. The van der Waals surface area contributed by atoms with Gasteiger partial charge in [-0.15, -0.1) is 0 Å². The molecule has 1 saturated heterocycles. The number of hydrogen-bond donors (Lipinski definition) is 1. The molecule has 1 aliphatic heterocycles. The van der Waals surface area contributed by atoms with Gasteiger partial charge in [0.15, 0.2) is 0 Å². The van der Waals surface area contributed by atoms with Crippen LogP contribution in [0.15, 0.2) is 0 Å². The summed E-state index contributed by atoms with van der Waals surface area (Å²) in [5.74, 6) is 5.13. The smallest absolute Gasteiger partial charge is 0.219 e. The van der Waals surface area contributed by atoms with E-state index in [4.69, 9.17) is 0 Å². The van der Waals surface area contributed by atoms with Crippen LogP contribution in [0.5, 0.6) is 0 Å². The van der Waals surface area contributed by atoms with Crippen molar-refractivity contribution in [3.05, 3.63) is 0 Å². The number of piperidine rings is 1. The largest absolute Gasteiger partial charge is 0.309 e. The summed E-state index contributed by atoms with van der Waals surface area (Å²) in [5.41, 5.74) is 0. The molecular formula is C14H24N2O. The summed E-state index contributed by atoms with van der Waals surface area (Å²) in [4.78, 5) is 13.6. The van der Waals surface area contributed by atoms with E-state index < -0.39 is 0 Å². The normalized spacial score (nSPS) is 16.3. The van der Waals surface area contributed by atoms with Crippen molar-refractivity contribution in [1.29, 1.82) is 0 Å². The number of unbranched alkanes of at least 4 members (excludes halogenated alkanes) is 1. The standard InChI is InChI=1S/C14H24N2O/c1-2-8-14(17)13-15-9-4-7-12-16-10-5-3-6-11-16/h15H,3-7,9-13H2,1H3. The summed E-state index contributed by atoms with van der Waals surface area (Å²) in [6, 6.07) is 0. The molecule has 17 heavy (non-hydrogen) atoms. The first-order valence-electron chi connectivity index (χ1n) is 6.71. The van der Waals surface area contributed by atoms with Gasteiger partial charge in [0.2, 0.25) is 5.78 Å². The monoisotopic (exact) mass is 236 g/mol. The molecule has 1 aliphatic rings. The lowest BCUT2D eigenvalue weighted by Gasteiger charge is -2.26. The fourth-order valence-corrected chi connectivity index (χ4v) is 2.15. The number of nitrogens with zero attached hydrogens (tertiary/aromatic N) is 1. The first-order chi connectivity index (χ1) is 8.33. The number of carbonyl (C=O) groups excluding carboxylic acids is 1. The Labute approximate surface area is 105 Å². The molecule has 1 N–H and O–H groups in total. The molecule has 0 aliphatic carbocycles. The van der Waals surface area contributed by atoms with Gasteiger partial charge in [-0.3, -0.25) is 4.79 Å². The van der Waals surface area contributed by atoms with Gasteiger partial charge in [-0.05, 0) is 64.7 Å². The zero-order valence-corrected chi connectivity index (χ0v) is 10.9. The summed E-state index contributed by atoms with van der Waals surface area (Å²) >= 11 is 0. The van der Waals surface area contributed by atoms with Crippen molar-refractivity contribution in [2.75, 3.05) is 32.7 Å². The predicted molar refractivity (Wildman–Crippen MR) is 70.9 cm³/mol. The molecule has 0 amide bonds. The van der Waals surface area contributed by atoms with E-state index in [1.54, 1.807) is 6.92 Å². The van der Waals surface area contributed by atoms with Crippen LogP contribution in [0.2, 0.25) is 0 Å². The first-order valence-corrected chi connectivity index (χ1v) is 6.71. The average molecular weight is 236 g/mol. The zero-order valence-electron chi connectivity index (χ0n) is 10.9. The highest BCUT2D eigenvalue weighted by atomic mass is 16.1. The van der Waals surface area contributed by atoms with Crippen LogP contribution in [0.25, 0.3) is 0 Å². The van der Waals surface area contributed by atoms with E-state index in [0.29, 0.717) is 6.54 Å². The van der Waals surface area contributed by atoms with Crippen LogP contribution in [-0.4, -0.2) is 43.4 Å². The second kappa shape index (κ2) is 9.21. The van der Waals surface area contributed by atoms with Gasteiger partial charge in [-0.2, -0.15) is 0 Å². The highest BCUT2D eigenvalue weighted by Gasteiger charge is 2.08. The Morgan fingerprint density at radius 2 is 2.00 bits per heavy atom. The van der Waals surface area contributed by atoms with E-state index in [0.717, 1.165) is 13.0 Å². The molecule has 0 unspecified atom stereocenters. The third-order valence-electron chi connectivity index (χ3n) is 3.08. The summed E-state index contributed by atoms with van der Waals surface area (Å²) in [5, 5.41) is 3.14. The van der Waals surface area contributed by atoms with Gasteiger partial charge in [0.1, 0.15) is 0 Å². The van der Waals surface area contributed by atoms with Crippen LogP contribution in [0.1, 0.15) is 39.0 Å². The molecule has 1 rings (SSSR count). The van der Waals surface area contributed by atoms with Crippen molar-refractivity contribution in [2.24, 2.45) is 0 Å². The second-order valence-electron chi connectivity index (χ2n) is 4.58.